The van der Waals surface area contributed by atoms with Crippen molar-refractivity contribution in [1.29, 1.82) is 0 Å². The fraction of sp³-hybridized carbons (Fsp3) is 0.556. The fourth-order valence-electron chi connectivity index (χ4n) is 1.36. The molecule has 1 aliphatic carbocycles. The van der Waals surface area contributed by atoms with Gasteiger partial charge in [-0.3, -0.25) is 4.79 Å². The number of nitrogens with zero attached hydrogens (tertiary/aromatic N) is 2. The average Bonchev–Trinajstić information content (AvgIpc) is 2.99. The number of halogens is 2. The van der Waals surface area contributed by atoms with Crippen molar-refractivity contribution in [2.75, 3.05) is 11.9 Å². The van der Waals surface area contributed by atoms with Crippen molar-refractivity contribution in [2.45, 2.75) is 25.3 Å². The molecule has 1 aromatic rings. The molecule has 1 aromatic heterocycles. The third-order valence-corrected chi connectivity index (χ3v) is 2.23. The van der Waals surface area contributed by atoms with Crippen LogP contribution in [0.5, 0.6) is 0 Å². The molecule has 0 unspecified atom stereocenters. The van der Waals surface area contributed by atoms with E-state index in [0.717, 1.165) is 12.8 Å². The summed E-state index contributed by atoms with van der Waals surface area (Å²) in [5.41, 5.74) is -0.319. The highest BCUT2D eigenvalue weighted by atomic mass is 19.3. The summed E-state index contributed by atoms with van der Waals surface area (Å²) in [6.45, 7) is -0.545. The second-order valence-corrected chi connectivity index (χ2v) is 3.49. The average molecular weight is 215 g/mol. The SMILES string of the molecule is O=c1c(NCC(F)F)nccn1C1CC1. The Kier molecular flexibility index (Phi) is 2.66. The monoisotopic (exact) mass is 215 g/mol. The Balaban J connectivity index is 2.16. The largest absolute Gasteiger partial charge is 0.360 e. The van der Waals surface area contributed by atoms with Crippen molar-refractivity contribution in [3.8, 4) is 0 Å². The zero-order valence-corrected chi connectivity index (χ0v) is 7.99. The summed E-state index contributed by atoms with van der Waals surface area (Å²) in [6, 6.07) is 0.229. The maximum absolute atomic E-state index is 11.9. The van der Waals surface area contributed by atoms with Crippen molar-refractivity contribution in [1.82, 2.24) is 9.55 Å². The molecule has 0 bridgehead atoms. The Bertz CT molecular complexity index is 401. The fourth-order valence-corrected chi connectivity index (χ4v) is 1.36. The highest BCUT2D eigenvalue weighted by Gasteiger charge is 2.25. The number of hydrogen-bond donors (Lipinski definition) is 1. The second kappa shape index (κ2) is 3.96. The molecule has 4 nitrogen and oxygen atoms in total. The molecule has 1 aliphatic rings. The minimum absolute atomic E-state index is 0.00435. The van der Waals surface area contributed by atoms with E-state index in [9.17, 15) is 13.6 Å². The molecule has 0 aromatic carbocycles. The van der Waals surface area contributed by atoms with E-state index in [4.69, 9.17) is 0 Å². The van der Waals surface area contributed by atoms with E-state index >= 15 is 0 Å². The van der Waals surface area contributed by atoms with Crippen molar-refractivity contribution in [3.63, 3.8) is 0 Å². The third-order valence-electron chi connectivity index (χ3n) is 2.23. The summed E-state index contributed by atoms with van der Waals surface area (Å²) < 4.78 is 25.4. The van der Waals surface area contributed by atoms with Crippen LogP contribution in [0.2, 0.25) is 0 Å². The van der Waals surface area contributed by atoms with Gasteiger partial charge in [-0.15, -0.1) is 0 Å². The number of alkyl halides is 2. The molecule has 1 fully saturated rings. The first-order valence-corrected chi connectivity index (χ1v) is 4.77. The highest BCUT2D eigenvalue weighted by molar-refractivity contribution is 5.31. The lowest BCUT2D eigenvalue weighted by Crippen LogP contribution is -2.25. The molecule has 0 spiro atoms. The van der Waals surface area contributed by atoms with E-state index in [0.29, 0.717) is 0 Å². The van der Waals surface area contributed by atoms with Gasteiger partial charge in [0.25, 0.3) is 12.0 Å². The first kappa shape index (κ1) is 10.1. The van der Waals surface area contributed by atoms with E-state index in [-0.39, 0.29) is 17.4 Å². The number of rotatable bonds is 4. The van der Waals surface area contributed by atoms with Gasteiger partial charge in [-0.25, -0.2) is 13.8 Å². The van der Waals surface area contributed by atoms with Gasteiger partial charge in [0.05, 0.1) is 6.54 Å². The lowest BCUT2D eigenvalue weighted by atomic mass is 10.5. The van der Waals surface area contributed by atoms with Crippen molar-refractivity contribution in [2.24, 2.45) is 0 Å². The van der Waals surface area contributed by atoms with Crippen molar-refractivity contribution >= 4 is 5.82 Å². The zero-order valence-electron chi connectivity index (χ0n) is 7.99. The molecule has 15 heavy (non-hydrogen) atoms. The maximum Gasteiger partial charge on any atom is 0.293 e. The molecule has 0 saturated heterocycles. The van der Waals surface area contributed by atoms with Crippen LogP contribution in [-0.4, -0.2) is 22.5 Å². The van der Waals surface area contributed by atoms with Gasteiger partial charge in [-0.2, -0.15) is 0 Å². The van der Waals surface area contributed by atoms with Crippen LogP contribution in [0.3, 0.4) is 0 Å². The third kappa shape index (κ3) is 2.31. The quantitative estimate of drug-likeness (QED) is 0.822. The highest BCUT2D eigenvalue weighted by Crippen LogP contribution is 2.33. The predicted octanol–water partition coefficient (Wildman–Crippen LogP) is 1.26. The predicted molar refractivity (Wildman–Crippen MR) is 51.3 cm³/mol. The molecule has 6 heteroatoms. The molecule has 1 N–H and O–H groups in total. The van der Waals surface area contributed by atoms with Crippen molar-refractivity contribution in [3.05, 3.63) is 22.7 Å². The number of hydrogen-bond acceptors (Lipinski definition) is 3. The van der Waals surface area contributed by atoms with Crippen molar-refractivity contribution < 1.29 is 8.78 Å². The number of nitrogens with one attached hydrogen (secondary N) is 1. The van der Waals surface area contributed by atoms with E-state index in [1.165, 1.54) is 6.20 Å². The molecular weight excluding hydrogens is 204 g/mol. The van der Waals surface area contributed by atoms with Crippen LogP contribution < -0.4 is 10.9 Å². The summed E-state index contributed by atoms with van der Waals surface area (Å²) in [4.78, 5) is 15.4. The Morgan fingerprint density at radius 2 is 2.33 bits per heavy atom. The van der Waals surface area contributed by atoms with Crippen LogP contribution in [-0.2, 0) is 0 Å². The molecule has 0 aliphatic heterocycles. The van der Waals surface area contributed by atoms with E-state index in [1.807, 2.05) is 0 Å². The van der Waals surface area contributed by atoms with Gasteiger partial charge in [-0.05, 0) is 12.8 Å². The summed E-state index contributed by atoms with van der Waals surface area (Å²) >= 11 is 0. The van der Waals surface area contributed by atoms with Gasteiger partial charge in [0.1, 0.15) is 0 Å². The van der Waals surface area contributed by atoms with Crippen LogP contribution in [0, 0.1) is 0 Å². The van der Waals surface area contributed by atoms with Gasteiger partial charge in [0.2, 0.25) is 0 Å². The van der Waals surface area contributed by atoms with Crippen LogP contribution in [0.1, 0.15) is 18.9 Å². The number of aromatic nitrogens is 2. The van der Waals surface area contributed by atoms with Gasteiger partial charge in [0.15, 0.2) is 5.82 Å². The molecule has 2 rings (SSSR count). The molecule has 82 valence electrons. The first-order chi connectivity index (χ1) is 7.18. The van der Waals surface area contributed by atoms with Crippen LogP contribution in [0.4, 0.5) is 14.6 Å². The minimum Gasteiger partial charge on any atom is -0.360 e. The summed E-state index contributed by atoms with van der Waals surface area (Å²) in [5, 5.41) is 2.34. The molecule has 1 saturated carbocycles. The van der Waals surface area contributed by atoms with Gasteiger partial charge in [0, 0.05) is 18.4 Å². The Hall–Kier alpha value is -1.46. The Labute approximate surface area is 84.9 Å². The van der Waals surface area contributed by atoms with E-state index < -0.39 is 13.0 Å². The molecule has 0 amide bonds. The normalized spacial score (nSPS) is 15.7. The summed E-state index contributed by atoms with van der Waals surface area (Å²) in [7, 11) is 0. The van der Waals surface area contributed by atoms with E-state index in [1.54, 1.807) is 10.8 Å². The van der Waals surface area contributed by atoms with E-state index in [2.05, 4.69) is 10.3 Å². The summed E-state index contributed by atoms with van der Waals surface area (Å²) in [6.07, 6.45) is 2.50. The Morgan fingerprint density at radius 3 is 2.93 bits per heavy atom. The maximum atomic E-state index is 11.9. The second-order valence-electron chi connectivity index (χ2n) is 3.49. The molecule has 0 atom stereocenters. The van der Waals surface area contributed by atoms with Crippen LogP contribution in [0.25, 0.3) is 0 Å². The Morgan fingerprint density at radius 1 is 1.60 bits per heavy atom. The minimum atomic E-state index is -2.49. The smallest absolute Gasteiger partial charge is 0.293 e. The molecule has 0 radical (unpaired) electrons. The lowest BCUT2D eigenvalue weighted by Gasteiger charge is -2.07. The molecular formula is C9H11F2N3O. The summed E-state index contributed by atoms with van der Waals surface area (Å²) in [5.74, 6) is 0.00435. The molecule has 1 heterocycles. The van der Waals surface area contributed by atoms with Crippen LogP contribution >= 0.6 is 0 Å². The van der Waals surface area contributed by atoms with Crippen LogP contribution in [0.15, 0.2) is 17.2 Å². The standard InChI is InChI=1S/C9H11F2N3O/c10-7(11)5-13-8-9(15)14(4-3-12-8)6-1-2-6/h3-4,6-7H,1-2,5H2,(H,12,13). The lowest BCUT2D eigenvalue weighted by molar-refractivity contribution is 0.163. The first-order valence-electron chi connectivity index (χ1n) is 4.77. The zero-order chi connectivity index (χ0) is 10.8. The number of anilines is 1. The van der Waals surface area contributed by atoms with Gasteiger partial charge < -0.3 is 9.88 Å². The van der Waals surface area contributed by atoms with Gasteiger partial charge in [-0.1, -0.05) is 0 Å². The van der Waals surface area contributed by atoms with Gasteiger partial charge >= 0.3 is 0 Å². The topological polar surface area (TPSA) is 46.9 Å².